The van der Waals surface area contributed by atoms with Gasteiger partial charge in [0.05, 0.1) is 18.2 Å². The summed E-state index contributed by atoms with van der Waals surface area (Å²) in [6.07, 6.45) is 2.30. The first-order valence-electron chi connectivity index (χ1n) is 6.39. The van der Waals surface area contributed by atoms with E-state index in [1.807, 2.05) is 24.3 Å². The molecule has 1 aromatic carbocycles. The van der Waals surface area contributed by atoms with Gasteiger partial charge in [-0.25, -0.2) is 4.98 Å². The van der Waals surface area contributed by atoms with E-state index in [0.29, 0.717) is 12.2 Å². The van der Waals surface area contributed by atoms with Crippen LogP contribution in [-0.4, -0.2) is 17.5 Å². The Hall–Kier alpha value is -2.07. The molecule has 0 saturated heterocycles. The van der Waals surface area contributed by atoms with E-state index in [1.54, 1.807) is 18.3 Å². The molecule has 0 radical (unpaired) electrons. The summed E-state index contributed by atoms with van der Waals surface area (Å²) in [6, 6.07) is 11.0. The molecule has 1 aliphatic rings. The second kappa shape index (κ2) is 5.51. The smallest absolute Gasteiger partial charge is 0.254 e. The quantitative estimate of drug-likeness (QED) is 0.864. The highest BCUT2D eigenvalue weighted by atomic mass is 35.5. The lowest BCUT2D eigenvalue weighted by Crippen LogP contribution is -2.32. The zero-order valence-corrected chi connectivity index (χ0v) is 11.4. The van der Waals surface area contributed by atoms with Gasteiger partial charge >= 0.3 is 0 Å². The number of halogens is 1. The Balaban J connectivity index is 1.83. The number of aromatic nitrogens is 1. The molecular weight excluding hydrogens is 276 g/mol. The molecule has 4 nitrogen and oxygen atoms in total. The second-order valence-electron chi connectivity index (χ2n) is 4.54. The van der Waals surface area contributed by atoms with Crippen LogP contribution in [-0.2, 0) is 0 Å². The molecule has 1 unspecified atom stereocenters. The van der Waals surface area contributed by atoms with Crippen molar-refractivity contribution in [1.29, 1.82) is 0 Å². The van der Waals surface area contributed by atoms with Gasteiger partial charge in [-0.3, -0.25) is 4.79 Å². The van der Waals surface area contributed by atoms with Crippen LogP contribution in [0.3, 0.4) is 0 Å². The largest absolute Gasteiger partial charge is 0.493 e. The minimum atomic E-state index is -0.218. The number of benzene rings is 1. The summed E-state index contributed by atoms with van der Waals surface area (Å²) in [5.41, 5.74) is 1.38. The maximum absolute atomic E-state index is 12.3. The van der Waals surface area contributed by atoms with Crippen LogP contribution in [0.2, 0.25) is 5.15 Å². The van der Waals surface area contributed by atoms with Crippen LogP contribution in [0, 0.1) is 0 Å². The van der Waals surface area contributed by atoms with Gasteiger partial charge in [0.15, 0.2) is 0 Å². The van der Waals surface area contributed by atoms with Crippen molar-refractivity contribution in [2.24, 2.45) is 0 Å². The number of carbonyl (C=O) groups excluding carboxylic acids is 1. The molecule has 2 heterocycles. The number of nitrogens with one attached hydrogen (secondary N) is 1. The average molecular weight is 289 g/mol. The van der Waals surface area contributed by atoms with Crippen LogP contribution in [0.4, 0.5) is 0 Å². The summed E-state index contributed by atoms with van der Waals surface area (Å²) in [4.78, 5) is 16.2. The number of nitrogens with zero attached hydrogens (tertiary/aromatic N) is 1. The fourth-order valence-corrected chi connectivity index (χ4v) is 2.49. The fourth-order valence-electron chi connectivity index (χ4n) is 2.28. The summed E-state index contributed by atoms with van der Waals surface area (Å²) < 4.78 is 5.57. The first-order chi connectivity index (χ1) is 9.75. The van der Waals surface area contributed by atoms with Crippen LogP contribution in [0.25, 0.3) is 0 Å². The van der Waals surface area contributed by atoms with Crippen molar-refractivity contribution in [3.8, 4) is 5.75 Å². The number of fused-ring (bicyclic) bond motifs is 1. The number of ether oxygens (including phenoxy) is 1. The Morgan fingerprint density at radius 2 is 2.15 bits per heavy atom. The van der Waals surface area contributed by atoms with Gasteiger partial charge in [0, 0.05) is 18.2 Å². The van der Waals surface area contributed by atoms with Crippen molar-refractivity contribution in [1.82, 2.24) is 10.3 Å². The van der Waals surface area contributed by atoms with Gasteiger partial charge in [0.1, 0.15) is 10.9 Å². The van der Waals surface area contributed by atoms with E-state index in [4.69, 9.17) is 16.3 Å². The van der Waals surface area contributed by atoms with Crippen molar-refractivity contribution in [2.45, 2.75) is 12.5 Å². The van der Waals surface area contributed by atoms with Crippen molar-refractivity contribution in [3.05, 3.63) is 58.9 Å². The Kier molecular flexibility index (Phi) is 3.56. The van der Waals surface area contributed by atoms with Crippen LogP contribution < -0.4 is 10.1 Å². The van der Waals surface area contributed by atoms with Gasteiger partial charge in [-0.15, -0.1) is 0 Å². The van der Waals surface area contributed by atoms with E-state index >= 15 is 0 Å². The van der Waals surface area contributed by atoms with Gasteiger partial charge in [0.25, 0.3) is 5.91 Å². The number of carbonyl (C=O) groups is 1. The molecular formula is C15H13ClN2O2. The monoisotopic (exact) mass is 288 g/mol. The highest BCUT2D eigenvalue weighted by Crippen LogP contribution is 2.31. The topological polar surface area (TPSA) is 51.2 Å². The zero-order chi connectivity index (χ0) is 13.9. The lowest BCUT2D eigenvalue weighted by atomic mass is 10.0. The fraction of sp³-hybridized carbons (Fsp3) is 0.200. The standard InChI is InChI=1S/C15H13ClN2O2/c16-14-11(5-3-8-17-14)15(19)18-12-7-9-20-13-6-2-1-4-10(12)13/h1-6,8,12H,7,9H2,(H,18,19). The summed E-state index contributed by atoms with van der Waals surface area (Å²) >= 11 is 5.94. The van der Waals surface area contributed by atoms with E-state index in [1.165, 1.54) is 0 Å². The zero-order valence-electron chi connectivity index (χ0n) is 10.7. The number of amides is 1. The molecule has 3 rings (SSSR count). The lowest BCUT2D eigenvalue weighted by molar-refractivity contribution is 0.0924. The highest BCUT2D eigenvalue weighted by molar-refractivity contribution is 6.32. The number of hydrogen-bond donors (Lipinski definition) is 1. The third kappa shape index (κ3) is 2.47. The Morgan fingerprint density at radius 3 is 3.00 bits per heavy atom. The molecule has 1 amide bonds. The van der Waals surface area contributed by atoms with E-state index in [9.17, 15) is 4.79 Å². The minimum Gasteiger partial charge on any atom is -0.493 e. The van der Waals surface area contributed by atoms with Crippen molar-refractivity contribution >= 4 is 17.5 Å². The maximum Gasteiger partial charge on any atom is 0.254 e. The summed E-state index contributed by atoms with van der Waals surface area (Å²) in [6.45, 7) is 0.586. The second-order valence-corrected chi connectivity index (χ2v) is 4.90. The first kappa shape index (κ1) is 12.9. The van der Waals surface area contributed by atoms with E-state index in [2.05, 4.69) is 10.3 Å². The molecule has 0 aliphatic carbocycles. The van der Waals surface area contributed by atoms with Gasteiger partial charge in [-0.1, -0.05) is 29.8 Å². The van der Waals surface area contributed by atoms with Crippen molar-refractivity contribution in [3.63, 3.8) is 0 Å². The maximum atomic E-state index is 12.3. The first-order valence-corrected chi connectivity index (χ1v) is 6.76. The van der Waals surface area contributed by atoms with E-state index in [0.717, 1.165) is 17.7 Å². The molecule has 1 atom stereocenters. The van der Waals surface area contributed by atoms with Gasteiger partial charge < -0.3 is 10.1 Å². The summed E-state index contributed by atoms with van der Waals surface area (Å²) in [7, 11) is 0. The van der Waals surface area contributed by atoms with Crippen molar-refractivity contribution < 1.29 is 9.53 Å². The number of pyridine rings is 1. The lowest BCUT2D eigenvalue weighted by Gasteiger charge is -2.26. The summed E-state index contributed by atoms with van der Waals surface area (Å²) in [5.74, 6) is 0.603. The molecule has 5 heteroatoms. The molecule has 0 fully saturated rings. The predicted molar refractivity (Wildman–Crippen MR) is 76.0 cm³/mol. The normalized spacial score (nSPS) is 16.9. The molecule has 0 bridgehead atoms. The number of hydrogen-bond acceptors (Lipinski definition) is 3. The molecule has 1 N–H and O–H groups in total. The average Bonchev–Trinajstić information content (AvgIpc) is 2.48. The third-order valence-corrected chi connectivity index (χ3v) is 3.57. The van der Waals surface area contributed by atoms with Gasteiger partial charge in [0.2, 0.25) is 0 Å². The van der Waals surface area contributed by atoms with Gasteiger partial charge in [-0.2, -0.15) is 0 Å². The minimum absolute atomic E-state index is 0.0660. The van der Waals surface area contributed by atoms with Crippen LogP contribution in [0.15, 0.2) is 42.6 Å². The van der Waals surface area contributed by atoms with Crippen LogP contribution in [0.1, 0.15) is 28.4 Å². The Morgan fingerprint density at radius 1 is 1.30 bits per heavy atom. The molecule has 1 aromatic heterocycles. The highest BCUT2D eigenvalue weighted by Gasteiger charge is 2.23. The SMILES string of the molecule is O=C(NC1CCOc2ccccc21)c1cccnc1Cl. The molecule has 0 saturated carbocycles. The van der Waals surface area contributed by atoms with E-state index < -0.39 is 0 Å². The predicted octanol–water partition coefficient (Wildman–Crippen LogP) is 2.99. The Labute approximate surface area is 121 Å². The van der Waals surface area contributed by atoms with Crippen LogP contribution >= 0.6 is 11.6 Å². The summed E-state index contributed by atoms with van der Waals surface area (Å²) in [5, 5.41) is 3.20. The molecule has 20 heavy (non-hydrogen) atoms. The van der Waals surface area contributed by atoms with E-state index in [-0.39, 0.29) is 17.1 Å². The van der Waals surface area contributed by atoms with Crippen molar-refractivity contribution in [2.75, 3.05) is 6.61 Å². The number of rotatable bonds is 2. The molecule has 102 valence electrons. The van der Waals surface area contributed by atoms with Crippen LogP contribution in [0.5, 0.6) is 5.75 Å². The Bertz CT molecular complexity index is 645. The molecule has 2 aromatic rings. The number of para-hydroxylation sites is 1. The third-order valence-electron chi connectivity index (χ3n) is 3.27. The molecule has 0 spiro atoms. The van der Waals surface area contributed by atoms with Gasteiger partial charge in [-0.05, 0) is 18.2 Å². The molecule has 1 aliphatic heterocycles.